The molecule has 0 aliphatic heterocycles. The lowest BCUT2D eigenvalue weighted by atomic mass is 10.3. The molecule has 0 saturated heterocycles. The molecule has 0 spiro atoms. The summed E-state index contributed by atoms with van der Waals surface area (Å²) in [6, 6.07) is 0. The number of alkyl carbamates (subject to hydrolysis) is 1. The number of nitrogens with one attached hydrogen (secondary N) is 1. The number of hydrogen-bond acceptors (Lipinski definition) is 2. The number of carbonyl (C=O) groups is 1. The second kappa shape index (κ2) is 8.10. The maximum Gasteiger partial charge on any atom is 0.407 e. The van der Waals surface area contributed by atoms with E-state index in [1.165, 1.54) is 0 Å². The molecule has 0 fully saturated rings. The van der Waals surface area contributed by atoms with E-state index in [2.05, 4.69) is 32.6 Å². The highest BCUT2D eigenvalue weighted by atomic mass is 127. The average Bonchev–Trinajstić information content (AvgIpc) is 1.99. The first kappa shape index (κ1) is 11.0. The number of alkyl halides is 1. The number of halogens is 1. The Hall–Kier alpha value is 0. The van der Waals surface area contributed by atoms with Crippen LogP contribution in [0.15, 0.2) is 0 Å². The fourth-order valence-corrected chi connectivity index (χ4v) is 1.13. The van der Waals surface area contributed by atoms with Gasteiger partial charge in [0.15, 0.2) is 0 Å². The third-order valence-corrected chi connectivity index (χ3v) is 1.87. The average molecular weight is 271 g/mol. The first-order chi connectivity index (χ1) is 5.31. The van der Waals surface area contributed by atoms with Crippen molar-refractivity contribution in [2.75, 3.05) is 17.6 Å². The number of amides is 1. The fraction of sp³-hybridized carbons (Fsp3) is 0.857. The van der Waals surface area contributed by atoms with Gasteiger partial charge in [0.25, 0.3) is 0 Å². The number of unbranched alkanes of at least 4 members (excludes halogenated alkanes) is 1. The molecule has 3 nitrogen and oxygen atoms in total. The molecule has 11 heavy (non-hydrogen) atoms. The summed E-state index contributed by atoms with van der Waals surface area (Å²) >= 11 is 2.32. The zero-order valence-electron chi connectivity index (χ0n) is 6.73. The van der Waals surface area contributed by atoms with Crippen LogP contribution in [-0.2, 0) is 4.74 Å². The van der Waals surface area contributed by atoms with Gasteiger partial charge in [0.05, 0.1) is 6.61 Å². The smallest absolute Gasteiger partial charge is 0.407 e. The monoisotopic (exact) mass is 271 g/mol. The van der Waals surface area contributed by atoms with Gasteiger partial charge in [-0.3, -0.25) is 0 Å². The van der Waals surface area contributed by atoms with Crippen molar-refractivity contribution < 1.29 is 9.53 Å². The molecule has 0 aliphatic rings. The van der Waals surface area contributed by atoms with Crippen molar-refractivity contribution in [3.63, 3.8) is 0 Å². The van der Waals surface area contributed by atoms with Crippen LogP contribution in [-0.4, -0.2) is 23.7 Å². The number of ether oxygens (including phenoxy) is 1. The summed E-state index contributed by atoms with van der Waals surface area (Å²) in [5, 5.41) is 2.65. The fourth-order valence-electron chi connectivity index (χ4n) is 0.592. The molecular formula is C7H14INO2. The van der Waals surface area contributed by atoms with Crippen molar-refractivity contribution in [2.24, 2.45) is 0 Å². The zero-order chi connectivity index (χ0) is 8.53. The van der Waals surface area contributed by atoms with Gasteiger partial charge in [0.2, 0.25) is 0 Å². The third kappa shape index (κ3) is 7.90. The van der Waals surface area contributed by atoms with Crippen LogP contribution in [0.2, 0.25) is 0 Å². The minimum Gasteiger partial charge on any atom is -0.450 e. The summed E-state index contributed by atoms with van der Waals surface area (Å²) in [6.07, 6.45) is 1.87. The van der Waals surface area contributed by atoms with E-state index < -0.39 is 0 Å². The van der Waals surface area contributed by atoms with Gasteiger partial charge >= 0.3 is 6.09 Å². The molecule has 0 aromatic heterocycles. The van der Waals surface area contributed by atoms with Crippen LogP contribution >= 0.6 is 22.6 Å². The molecule has 0 saturated carbocycles. The van der Waals surface area contributed by atoms with Crippen LogP contribution in [0.5, 0.6) is 0 Å². The third-order valence-electron chi connectivity index (χ3n) is 1.11. The van der Waals surface area contributed by atoms with Gasteiger partial charge < -0.3 is 10.1 Å². The van der Waals surface area contributed by atoms with Gasteiger partial charge in [-0.05, 0) is 24.2 Å². The Labute approximate surface area is 81.0 Å². The van der Waals surface area contributed by atoms with Crippen molar-refractivity contribution >= 4 is 28.7 Å². The summed E-state index contributed by atoms with van der Waals surface area (Å²) in [4.78, 5) is 10.7. The largest absolute Gasteiger partial charge is 0.450 e. The van der Waals surface area contributed by atoms with E-state index >= 15 is 0 Å². The van der Waals surface area contributed by atoms with Gasteiger partial charge in [0, 0.05) is 6.54 Å². The predicted molar refractivity (Wildman–Crippen MR) is 53.1 cm³/mol. The normalized spacial score (nSPS) is 9.27. The molecule has 1 amide bonds. The quantitative estimate of drug-likeness (QED) is 0.471. The molecule has 0 rings (SSSR count). The molecule has 0 aliphatic carbocycles. The lowest BCUT2D eigenvalue weighted by molar-refractivity contribution is 0.152. The second-order valence-corrected chi connectivity index (χ2v) is 3.12. The topological polar surface area (TPSA) is 38.3 Å². The number of rotatable bonds is 5. The molecule has 0 radical (unpaired) electrons. The summed E-state index contributed by atoms with van der Waals surface area (Å²) in [7, 11) is 0. The molecule has 0 aromatic carbocycles. The van der Waals surface area contributed by atoms with Crippen LogP contribution in [0.25, 0.3) is 0 Å². The minimum absolute atomic E-state index is 0.305. The van der Waals surface area contributed by atoms with Crippen molar-refractivity contribution in [1.82, 2.24) is 5.32 Å². The summed E-state index contributed by atoms with van der Waals surface area (Å²) in [6.45, 7) is 2.96. The summed E-state index contributed by atoms with van der Waals surface area (Å²) < 4.78 is 5.81. The molecule has 0 heterocycles. The minimum atomic E-state index is -0.305. The van der Waals surface area contributed by atoms with E-state index in [9.17, 15) is 4.79 Å². The van der Waals surface area contributed by atoms with Crippen LogP contribution < -0.4 is 5.32 Å². The van der Waals surface area contributed by atoms with Gasteiger partial charge in [-0.1, -0.05) is 22.6 Å². The second-order valence-electron chi connectivity index (χ2n) is 2.04. The summed E-state index contributed by atoms with van der Waals surface area (Å²) in [5.41, 5.74) is 0. The maximum atomic E-state index is 10.7. The van der Waals surface area contributed by atoms with Crippen molar-refractivity contribution in [3.8, 4) is 0 Å². The van der Waals surface area contributed by atoms with Crippen LogP contribution in [0, 0.1) is 0 Å². The Kier molecular flexibility index (Phi) is 8.10. The Morgan fingerprint density at radius 3 is 2.82 bits per heavy atom. The predicted octanol–water partition coefficient (Wildman–Crippen LogP) is 1.95. The van der Waals surface area contributed by atoms with E-state index in [0.717, 1.165) is 23.8 Å². The van der Waals surface area contributed by atoms with Crippen molar-refractivity contribution in [1.29, 1.82) is 0 Å². The van der Waals surface area contributed by atoms with Crippen molar-refractivity contribution in [2.45, 2.75) is 19.8 Å². The first-order valence-corrected chi connectivity index (χ1v) is 5.30. The van der Waals surface area contributed by atoms with Gasteiger partial charge in [-0.25, -0.2) is 4.79 Å². The van der Waals surface area contributed by atoms with E-state index in [1.807, 2.05) is 0 Å². The van der Waals surface area contributed by atoms with Gasteiger partial charge in [-0.15, -0.1) is 0 Å². The van der Waals surface area contributed by atoms with Crippen molar-refractivity contribution in [3.05, 3.63) is 0 Å². The van der Waals surface area contributed by atoms with E-state index in [0.29, 0.717) is 6.61 Å². The highest BCUT2D eigenvalue weighted by Crippen LogP contribution is 1.92. The van der Waals surface area contributed by atoms with E-state index in [1.54, 1.807) is 6.92 Å². The number of hydrogen-bond donors (Lipinski definition) is 1. The highest BCUT2D eigenvalue weighted by molar-refractivity contribution is 14.1. The molecule has 1 N–H and O–H groups in total. The number of carbonyl (C=O) groups excluding carboxylic acids is 1. The van der Waals surface area contributed by atoms with Gasteiger partial charge in [-0.2, -0.15) is 0 Å². The SMILES string of the molecule is CCOC(=O)NCCCCI. The zero-order valence-corrected chi connectivity index (χ0v) is 8.89. The Morgan fingerprint density at radius 2 is 2.27 bits per heavy atom. The molecule has 66 valence electrons. The molecule has 0 bridgehead atoms. The molecule has 0 atom stereocenters. The van der Waals surface area contributed by atoms with E-state index in [4.69, 9.17) is 0 Å². The molecule has 0 aromatic rings. The Bertz CT molecular complexity index is 109. The van der Waals surface area contributed by atoms with Crippen LogP contribution in [0.3, 0.4) is 0 Å². The molecule has 4 heteroatoms. The highest BCUT2D eigenvalue weighted by Gasteiger charge is 1.96. The Balaban J connectivity index is 3.04. The molecule has 0 unspecified atom stereocenters. The lowest BCUT2D eigenvalue weighted by Crippen LogP contribution is -2.25. The Morgan fingerprint density at radius 1 is 1.55 bits per heavy atom. The lowest BCUT2D eigenvalue weighted by Gasteiger charge is -2.03. The van der Waals surface area contributed by atoms with E-state index in [-0.39, 0.29) is 6.09 Å². The molecular weight excluding hydrogens is 257 g/mol. The van der Waals surface area contributed by atoms with Crippen LogP contribution in [0.1, 0.15) is 19.8 Å². The maximum absolute atomic E-state index is 10.7. The first-order valence-electron chi connectivity index (χ1n) is 3.77. The summed E-state index contributed by atoms with van der Waals surface area (Å²) in [5.74, 6) is 0. The van der Waals surface area contributed by atoms with Gasteiger partial charge in [0.1, 0.15) is 0 Å². The standard InChI is InChI=1S/C7H14INO2/c1-2-11-7(10)9-6-4-3-5-8/h2-6H2,1H3,(H,9,10). The van der Waals surface area contributed by atoms with Crippen LogP contribution in [0.4, 0.5) is 4.79 Å².